The topological polar surface area (TPSA) is 36.0 Å². The van der Waals surface area contributed by atoms with Crippen molar-refractivity contribution in [3.63, 3.8) is 0 Å². The minimum Gasteiger partial charge on any atom is -0.489 e. The molecule has 0 bridgehead atoms. The maximum atomic E-state index is 12.9. The second-order valence-corrected chi connectivity index (χ2v) is 9.90. The summed E-state index contributed by atoms with van der Waals surface area (Å²) < 4.78 is 6.01. The zero-order chi connectivity index (χ0) is 21.6. The van der Waals surface area contributed by atoms with Gasteiger partial charge in [0.2, 0.25) is 0 Å². The first-order chi connectivity index (χ1) is 15.1. The van der Waals surface area contributed by atoms with Gasteiger partial charge in [0, 0.05) is 56.1 Å². The molecule has 0 N–H and O–H groups in total. The van der Waals surface area contributed by atoms with E-state index in [-0.39, 0.29) is 12.0 Å². The van der Waals surface area contributed by atoms with Crippen molar-refractivity contribution >= 4 is 22.9 Å². The van der Waals surface area contributed by atoms with E-state index < -0.39 is 0 Å². The molecule has 2 aromatic rings. The van der Waals surface area contributed by atoms with E-state index in [4.69, 9.17) is 4.74 Å². The lowest BCUT2D eigenvalue weighted by atomic mass is 10.2. The van der Waals surface area contributed by atoms with E-state index in [0.29, 0.717) is 0 Å². The molecular weight excluding hydrogens is 406 g/mol. The molecule has 0 saturated carbocycles. The summed E-state index contributed by atoms with van der Waals surface area (Å²) in [5, 5.41) is 2.05. The average molecular weight is 442 g/mol. The molecule has 2 fully saturated rings. The molecule has 6 heteroatoms. The second kappa shape index (κ2) is 10.5. The standard InChI is InChI=1S/C25H35N3O2S/c1-20(2)30-24-10-6-5-9-23(24)27-15-13-26(14-16-27)18-22-17-21(19-31-22)25(29)28-11-7-3-4-8-12-28/h5-6,9-10,17,19-20H,3-4,7-8,11-16,18H2,1-2H3. The van der Waals surface area contributed by atoms with Crippen molar-refractivity contribution in [1.29, 1.82) is 0 Å². The van der Waals surface area contributed by atoms with Crippen molar-refractivity contribution in [3.05, 3.63) is 46.2 Å². The van der Waals surface area contributed by atoms with Gasteiger partial charge in [0.05, 0.1) is 17.4 Å². The highest BCUT2D eigenvalue weighted by Crippen LogP contribution is 2.30. The highest BCUT2D eigenvalue weighted by Gasteiger charge is 2.22. The first-order valence-electron chi connectivity index (χ1n) is 11.7. The number of likely N-dealkylation sites (tertiary alicyclic amines) is 1. The van der Waals surface area contributed by atoms with Gasteiger partial charge < -0.3 is 14.5 Å². The molecule has 2 saturated heterocycles. The number of amides is 1. The van der Waals surface area contributed by atoms with Gasteiger partial charge in [-0.05, 0) is 44.9 Å². The fourth-order valence-electron chi connectivity index (χ4n) is 4.47. The van der Waals surface area contributed by atoms with Crippen molar-refractivity contribution in [2.45, 2.75) is 52.2 Å². The molecule has 4 rings (SSSR count). The van der Waals surface area contributed by atoms with Gasteiger partial charge in [0.1, 0.15) is 5.75 Å². The Kier molecular flexibility index (Phi) is 7.51. The Morgan fingerprint density at radius 2 is 1.71 bits per heavy atom. The maximum absolute atomic E-state index is 12.9. The van der Waals surface area contributed by atoms with Crippen molar-refractivity contribution in [1.82, 2.24) is 9.80 Å². The van der Waals surface area contributed by atoms with Crippen LogP contribution in [0.3, 0.4) is 0 Å². The quantitative estimate of drug-likeness (QED) is 0.641. The Morgan fingerprint density at radius 1 is 1.00 bits per heavy atom. The first-order valence-corrected chi connectivity index (χ1v) is 12.6. The first kappa shape index (κ1) is 22.2. The summed E-state index contributed by atoms with van der Waals surface area (Å²) in [6, 6.07) is 10.5. The molecule has 0 aliphatic carbocycles. The molecule has 0 atom stereocenters. The van der Waals surface area contributed by atoms with Crippen LogP contribution in [0.25, 0.3) is 0 Å². The number of thiophene rings is 1. The van der Waals surface area contributed by atoms with E-state index in [0.717, 1.165) is 70.0 Å². The van der Waals surface area contributed by atoms with Crippen LogP contribution in [0.2, 0.25) is 0 Å². The summed E-state index contributed by atoms with van der Waals surface area (Å²) in [6.45, 7) is 10.9. The van der Waals surface area contributed by atoms with Crippen LogP contribution in [0, 0.1) is 0 Å². The van der Waals surface area contributed by atoms with E-state index in [1.165, 1.54) is 23.4 Å². The third-order valence-corrected chi connectivity index (χ3v) is 7.04. The molecule has 0 radical (unpaired) electrons. The molecule has 1 amide bonds. The summed E-state index contributed by atoms with van der Waals surface area (Å²) >= 11 is 1.72. The summed E-state index contributed by atoms with van der Waals surface area (Å²) in [5.74, 6) is 1.19. The van der Waals surface area contributed by atoms with E-state index in [9.17, 15) is 4.79 Å². The van der Waals surface area contributed by atoms with E-state index in [1.54, 1.807) is 11.3 Å². The van der Waals surface area contributed by atoms with Crippen LogP contribution >= 0.6 is 11.3 Å². The molecule has 0 unspecified atom stereocenters. The maximum Gasteiger partial charge on any atom is 0.254 e. The van der Waals surface area contributed by atoms with Crippen molar-refractivity contribution in [3.8, 4) is 5.75 Å². The monoisotopic (exact) mass is 441 g/mol. The summed E-state index contributed by atoms with van der Waals surface area (Å²) in [4.78, 5) is 21.1. The third-order valence-electron chi connectivity index (χ3n) is 6.11. The number of piperazine rings is 1. The van der Waals surface area contributed by atoms with Gasteiger partial charge in [-0.25, -0.2) is 0 Å². The predicted molar refractivity (Wildman–Crippen MR) is 128 cm³/mol. The van der Waals surface area contributed by atoms with Crippen LogP contribution < -0.4 is 9.64 Å². The number of para-hydroxylation sites is 2. The number of nitrogens with zero attached hydrogens (tertiary/aromatic N) is 3. The molecule has 0 spiro atoms. The van der Waals surface area contributed by atoms with Crippen molar-refractivity contribution < 1.29 is 9.53 Å². The number of hydrogen-bond acceptors (Lipinski definition) is 5. The van der Waals surface area contributed by atoms with Gasteiger partial charge in [-0.3, -0.25) is 9.69 Å². The molecule has 3 heterocycles. The van der Waals surface area contributed by atoms with Crippen LogP contribution in [-0.4, -0.2) is 61.1 Å². The highest BCUT2D eigenvalue weighted by molar-refractivity contribution is 7.10. The van der Waals surface area contributed by atoms with Gasteiger partial charge >= 0.3 is 0 Å². The molecule has 31 heavy (non-hydrogen) atoms. The minimum atomic E-state index is 0.174. The molecular formula is C25H35N3O2S. The van der Waals surface area contributed by atoms with Crippen LogP contribution in [0.1, 0.15) is 54.8 Å². The third kappa shape index (κ3) is 5.80. The van der Waals surface area contributed by atoms with E-state index in [2.05, 4.69) is 53.3 Å². The summed E-state index contributed by atoms with van der Waals surface area (Å²) in [5.41, 5.74) is 2.07. The van der Waals surface area contributed by atoms with Crippen LogP contribution in [0.5, 0.6) is 5.75 Å². The number of rotatable bonds is 6. The number of anilines is 1. The van der Waals surface area contributed by atoms with Crippen LogP contribution in [0.4, 0.5) is 5.69 Å². The van der Waals surface area contributed by atoms with Crippen LogP contribution in [-0.2, 0) is 6.54 Å². The van der Waals surface area contributed by atoms with E-state index in [1.807, 2.05) is 11.0 Å². The smallest absolute Gasteiger partial charge is 0.254 e. The number of benzene rings is 1. The van der Waals surface area contributed by atoms with Gasteiger partial charge in [0.25, 0.3) is 5.91 Å². The summed E-state index contributed by atoms with van der Waals surface area (Å²) in [6.07, 6.45) is 4.95. The Balaban J connectivity index is 1.31. The molecule has 2 aliphatic rings. The lowest BCUT2D eigenvalue weighted by molar-refractivity contribution is 0.0762. The largest absolute Gasteiger partial charge is 0.489 e. The van der Waals surface area contributed by atoms with Gasteiger partial charge in [-0.1, -0.05) is 25.0 Å². The fourth-order valence-corrected chi connectivity index (χ4v) is 5.37. The highest BCUT2D eigenvalue weighted by atomic mass is 32.1. The number of hydrogen-bond donors (Lipinski definition) is 0. The normalized spacial score (nSPS) is 18.3. The molecule has 1 aromatic heterocycles. The molecule has 1 aromatic carbocycles. The lowest BCUT2D eigenvalue weighted by Gasteiger charge is -2.36. The SMILES string of the molecule is CC(C)Oc1ccccc1N1CCN(Cc2cc(C(=O)N3CCCCCC3)cs2)CC1. The zero-order valence-corrected chi connectivity index (χ0v) is 19.7. The Bertz CT molecular complexity index is 850. The minimum absolute atomic E-state index is 0.174. The summed E-state index contributed by atoms with van der Waals surface area (Å²) in [7, 11) is 0. The number of ether oxygens (including phenoxy) is 1. The zero-order valence-electron chi connectivity index (χ0n) is 18.9. The van der Waals surface area contributed by atoms with Gasteiger partial charge in [-0.15, -0.1) is 11.3 Å². The average Bonchev–Trinajstić information content (AvgIpc) is 3.06. The van der Waals surface area contributed by atoms with E-state index >= 15 is 0 Å². The molecule has 168 valence electrons. The Hall–Kier alpha value is -2.05. The van der Waals surface area contributed by atoms with Gasteiger partial charge in [-0.2, -0.15) is 0 Å². The lowest BCUT2D eigenvalue weighted by Crippen LogP contribution is -2.46. The predicted octanol–water partition coefficient (Wildman–Crippen LogP) is 4.87. The van der Waals surface area contributed by atoms with Crippen molar-refractivity contribution in [2.75, 3.05) is 44.2 Å². The Labute approximate surface area is 190 Å². The van der Waals surface area contributed by atoms with Crippen molar-refractivity contribution in [2.24, 2.45) is 0 Å². The fraction of sp³-hybridized carbons (Fsp3) is 0.560. The number of carbonyl (C=O) groups excluding carboxylic acids is 1. The van der Waals surface area contributed by atoms with Gasteiger partial charge in [0.15, 0.2) is 0 Å². The second-order valence-electron chi connectivity index (χ2n) is 8.91. The van der Waals surface area contributed by atoms with Crippen LogP contribution in [0.15, 0.2) is 35.7 Å². The number of carbonyl (C=O) groups is 1. The molecule has 5 nitrogen and oxygen atoms in total. The molecule has 2 aliphatic heterocycles. The Morgan fingerprint density at radius 3 is 2.42 bits per heavy atom.